The summed E-state index contributed by atoms with van der Waals surface area (Å²) < 4.78 is 5.06. The van der Waals surface area contributed by atoms with Crippen molar-refractivity contribution in [2.24, 2.45) is 0 Å². The zero-order chi connectivity index (χ0) is 10.7. The highest BCUT2D eigenvalue weighted by Crippen LogP contribution is 2.23. The van der Waals surface area contributed by atoms with E-state index in [4.69, 9.17) is 4.42 Å². The maximum Gasteiger partial charge on any atom is 0.0935 e. The minimum Gasteiger partial charge on any atom is -0.472 e. The Morgan fingerprint density at radius 3 is 3.00 bits per heavy atom. The van der Waals surface area contributed by atoms with E-state index in [1.807, 2.05) is 26.2 Å². The molecule has 0 aromatic carbocycles. The van der Waals surface area contributed by atoms with Crippen LogP contribution in [0.1, 0.15) is 21.5 Å². The van der Waals surface area contributed by atoms with Crippen LogP contribution in [0.3, 0.4) is 0 Å². The molecule has 0 amide bonds. The van der Waals surface area contributed by atoms with Crippen molar-refractivity contribution in [2.75, 3.05) is 7.05 Å². The van der Waals surface area contributed by atoms with Crippen molar-refractivity contribution in [3.8, 4) is 0 Å². The molecular formula is C11H14N2OS. The molecule has 0 bridgehead atoms. The van der Waals surface area contributed by atoms with Crippen LogP contribution < -0.4 is 5.32 Å². The summed E-state index contributed by atoms with van der Waals surface area (Å²) in [5, 5.41) is 4.41. The molecule has 2 aromatic heterocycles. The number of aromatic nitrogens is 1. The Balaban J connectivity index is 2.11. The molecule has 0 saturated heterocycles. The fourth-order valence-electron chi connectivity index (χ4n) is 1.53. The van der Waals surface area contributed by atoms with Gasteiger partial charge in [-0.25, -0.2) is 4.98 Å². The number of likely N-dealkylation sites (N-methyl/N-ethyl adjacent to an activating group) is 1. The molecule has 1 N–H and O–H groups in total. The maximum atomic E-state index is 5.06. The first kappa shape index (κ1) is 10.4. The van der Waals surface area contributed by atoms with Gasteiger partial charge < -0.3 is 9.73 Å². The predicted molar refractivity (Wildman–Crippen MR) is 61.1 cm³/mol. The summed E-state index contributed by atoms with van der Waals surface area (Å²) in [6, 6.07) is 2.33. The van der Waals surface area contributed by atoms with E-state index in [1.165, 1.54) is 10.4 Å². The summed E-state index contributed by atoms with van der Waals surface area (Å²) in [5.74, 6) is 0. The van der Waals surface area contributed by atoms with E-state index in [9.17, 15) is 0 Å². The predicted octanol–water partition coefficient (Wildman–Crippen LogP) is 2.55. The van der Waals surface area contributed by atoms with Gasteiger partial charge in [0.05, 0.1) is 17.5 Å². The number of hydrogen-bond acceptors (Lipinski definition) is 4. The summed E-state index contributed by atoms with van der Waals surface area (Å²) in [5.41, 5.74) is 1.21. The Bertz CT molecular complexity index is 408. The molecule has 0 saturated carbocycles. The van der Waals surface area contributed by atoms with Gasteiger partial charge in [0.1, 0.15) is 0 Å². The van der Waals surface area contributed by atoms with E-state index < -0.39 is 0 Å². The Hall–Kier alpha value is -1.13. The Morgan fingerprint density at radius 1 is 1.60 bits per heavy atom. The van der Waals surface area contributed by atoms with E-state index >= 15 is 0 Å². The van der Waals surface area contributed by atoms with E-state index in [-0.39, 0.29) is 0 Å². The highest BCUT2D eigenvalue weighted by atomic mass is 32.1. The number of rotatable bonds is 4. The molecule has 4 heteroatoms. The average Bonchev–Trinajstić information content (AvgIpc) is 2.85. The molecule has 1 atom stereocenters. The molecule has 15 heavy (non-hydrogen) atoms. The normalized spacial score (nSPS) is 12.9. The van der Waals surface area contributed by atoms with Crippen LogP contribution in [0, 0.1) is 6.92 Å². The zero-order valence-electron chi connectivity index (χ0n) is 8.86. The van der Waals surface area contributed by atoms with Crippen molar-refractivity contribution in [2.45, 2.75) is 19.4 Å². The van der Waals surface area contributed by atoms with Crippen molar-refractivity contribution < 1.29 is 4.42 Å². The summed E-state index contributed by atoms with van der Waals surface area (Å²) in [4.78, 5) is 5.54. The van der Waals surface area contributed by atoms with Crippen LogP contribution in [0.2, 0.25) is 0 Å². The first-order chi connectivity index (χ1) is 7.29. The molecular weight excluding hydrogens is 208 g/mol. The SMILES string of the molecule is CNC(Cc1ccoc1)c1cnc(C)s1. The molecule has 2 heterocycles. The monoisotopic (exact) mass is 222 g/mol. The number of furan rings is 1. The van der Waals surface area contributed by atoms with Crippen molar-refractivity contribution in [3.05, 3.63) is 40.2 Å². The summed E-state index contributed by atoms with van der Waals surface area (Å²) in [6.45, 7) is 2.03. The lowest BCUT2D eigenvalue weighted by atomic mass is 10.1. The van der Waals surface area contributed by atoms with Crippen molar-refractivity contribution in [3.63, 3.8) is 0 Å². The second kappa shape index (κ2) is 4.59. The Labute approximate surface area is 93.2 Å². The molecule has 0 aliphatic rings. The molecule has 80 valence electrons. The molecule has 0 spiro atoms. The van der Waals surface area contributed by atoms with Gasteiger partial charge in [-0.1, -0.05) is 0 Å². The quantitative estimate of drug-likeness (QED) is 0.864. The van der Waals surface area contributed by atoms with E-state index in [0.717, 1.165) is 11.4 Å². The number of nitrogens with zero attached hydrogens (tertiary/aromatic N) is 1. The number of hydrogen-bond donors (Lipinski definition) is 1. The van der Waals surface area contributed by atoms with Gasteiger partial charge >= 0.3 is 0 Å². The van der Waals surface area contributed by atoms with Crippen LogP contribution in [0.5, 0.6) is 0 Å². The van der Waals surface area contributed by atoms with E-state index in [1.54, 1.807) is 23.9 Å². The van der Waals surface area contributed by atoms with Gasteiger partial charge in [-0.2, -0.15) is 0 Å². The fraction of sp³-hybridized carbons (Fsp3) is 0.364. The number of nitrogens with one attached hydrogen (secondary N) is 1. The van der Waals surface area contributed by atoms with Gasteiger partial charge in [0.15, 0.2) is 0 Å². The molecule has 2 rings (SSSR count). The van der Waals surface area contributed by atoms with Crippen molar-refractivity contribution >= 4 is 11.3 Å². The summed E-state index contributed by atoms with van der Waals surface area (Å²) >= 11 is 1.74. The lowest BCUT2D eigenvalue weighted by molar-refractivity contribution is 0.553. The van der Waals surface area contributed by atoms with E-state index in [0.29, 0.717) is 6.04 Å². The molecule has 3 nitrogen and oxygen atoms in total. The van der Waals surface area contributed by atoms with Crippen LogP contribution in [0.25, 0.3) is 0 Å². The summed E-state index contributed by atoms with van der Waals surface area (Å²) in [7, 11) is 1.97. The van der Waals surface area contributed by atoms with Crippen LogP contribution in [0.4, 0.5) is 0 Å². The third-order valence-electron chi connectivity index (χ3n) is 2.35. The standard InChI is InChI=1S/C11H14N2OS/c1-8-13-6-11(15-8)10(12-2)5-9-3-4-14-7-9/h3-4,6-7,10,12H,5H2,1-2H3. The smallest absolute Gasteiger partial charge is 0.0935 e. The van der Waals surface area contributed by atoms with Gasteiger partial charge in [0, 0.05) is 17.1 Å². The lowest BCUT2D eigenvalue weighted by Crippen LogP contribution is -2.17. The minimum atomic E-state index is 0.328. The number of aryl methyl sites for hydroxylation is 1. The Kier molecular flexibility index (Phi) is 3.18. The third-order valence-corrected chi connectivity index (χ3v) is 3.38. The largest absolute Gasteiger partial charge is 0.472 e. The van der Waals surface area contributed by atoms with Gasteiger partial charge in [0.2, 0.25) is 0 Å². The lowest BCUT2D eigenvalue weighted by Gasteiger charge is -2.12. The molecule has 0 fully saturated rings. The Morgan fingerprint density at radius 2 is 2.47 bits per heavy atom. The maximum absolute atomic E-state index is 5.06. The zero-order valence-corrected chi connectivity index (χ0v) is 9.67. The highest BCUT2D eigenvalue weighted by molar-refractivity contribution is 7.11. The van der Waals surface area contributed by atoms with Crippen LogP contribution in [0.15, 0.2) is 29.2 Å². The average molecular weight is 222 g/mol. The van der Waals surface area contributed by atoms with Crippen LogP contribution >= 0.6 is 11.3 Å². The van der Waals surface area contributed by atoms with Crippen LogP contribution in [-0.4, -0.2) is 12.0 Å². The van der Waals surface area contributed by atoms with Crippen LogP contribution in [-0.2, 0) is 6.42 Å². The fourth-order valence-corrected chi connectivity index (χ4v) is 2.42. The minimum absolute atomic E-state index is 0.328. The number of thiazole rings is 1. The molecule has 0 aliphatic heterocycles. The second-order valence-electron chi connectivity index (χ2n) is 3.46. The third kappa shape index (κ3) is 2.46. The topological polar surface area (TPSA) is 38.1 Å². The van der Waals surface area contributed by atoms with Gasteiger partial charge in [-0.05, 0) is 32.0 Å². The first-order valence-corrected chi connectivity index (χ1v) is 5.72. The van der Waals surface area contributed by atoms with Gasteiger partial charge in [0.25, 0.3) is 0 Å². The molecule has 2 aromatic rings. The molecule has 0 aliphatic carbocycles. The molecule has 0 radical (unpaired) electrons. The van der Waals surface area contributed by atoms with Crippen molar-refractivity contribution in [1.82, 2.24) is 10.3 Å². The van der Waals surface area contributed by atoms with Crippen molar-refractivity contribution in [1.29, 1.82) is 0 Å². The van der Waals surface area contributed by atoms with Gasteiger partial charge in [-0.3, -0.25) is 0 Å². The second-order valence-corrected chi connectivity index (χ2v) is 4.72. The highest BCUT2D eigenvalue weighted by Gasteiger charge is 2.13. The van der Waals surface area contributed by atoms with E-state index in [2.05, 4.69) is 10.3 Å². The summed E-state index contributed by atoms with van der Waals surface area (Å²) in [6.07, 6.45) is 6.38. The van der Waals surface area contributed by atoms with Gasteiger partial charge in [-0.15, -0.1) is 11.3 Å². The molecule has 1 unspecified atom stereocenters. The first-order valence-electron chi connectivity index (χ1n) is 4.90.